The molecule has 1 heterocycles. The van der Waals surface area contributed by atoms with Crippen LogP contribution in [0.3, 0.4) is 0 Å². The third-order valence-corrected chi connectivity index (χ3v) is 4.97. The summed E-state index contributed by atoms with van der Waals surface area (Å²) in [4.78, 5) is 14.5. The smallest absolute Gasteiger partial charge is 0.335 e. The van der Waals surface area contributed by atoms with Crippen molar-refractivity contribution in [1.29, 1.82) is 0 Å². The summed E-state index contributed by atoms with van der Waals surface area (Å²) >= 11 is 0. The summed E-state index contributed by atoms with van der Waals surface area (Å²) in [6.45, 7) is 0. The highest BCUT2D eigenvalue weighted by Crippen LogP contribution is 2.37. The minimum Gasteiger partial charge on any atom is -0.478 e. The number of aromatic nitrogens is 1. The summed E-state index contributed by atoms with van der Waals surface area (Å²) < 4.78 is 0. The van der Waals surface area contributed by atoms with Crippen molar-refractivity contribution in [3.05, 3.63) is 83.4 Å². The van der Waals surface area contributed by atoms with E-state index >= 15 is 0 Å². The maximum Gasteiger partial charge on any atom is 0.335 e. The quantitative estimate of drug-likeness (QED) is 0.445. The van der Waals surface area contributed by atoms with Gasteiger partial charge in [-0.1, -0.05) is 54.6 Å². The van der Waals surface area contributed by atoms with Crippen molar-refractivity contribution in [3.63, 3.8) is 0 Å². The third kappa shape index (κ3) is 2.18. The number of benzene rings is 3. The fourth-order valence-corrected chi connectivity index (χ4v) is 3.67. The Morgan fingerprint density at radius 3 is 2.27 bits per heavy atom. The number of aromatic amines is 1. The van der Waals surface area contributed by atoms with E-state index in [9.17, 15) is 4.79 Å². The molecule has 0 aliphatic heterocycles. The molecule has 0 spiro atoms. The second-order valence-electron chi connectivity index (χ2n) is 6.47. The maximum atomic E-state index is 11.0. The van der Waals surface area contributed by atoms with Crippen LogP contribution in [0, 0.1) is 0 Å². The van der Waals surface area contributed by atoms with Crippen LogP contribution in [0.2, 0.25) is 0 Å². The molecule has 2 N–H and O–H groups in total. The largest absolute Gasteiger partial charge is 0.478 e. The van der Waals surface area contributed by atoms with Gasteiger partial charge in [0, 0.05) is 17.0 Å². The van der Waals surface area contributed by atoms with Crippen molar-refractivity contribution in [2.24, 2.45) is 0 Å². The van der Waals surface area contributed by atoms with Crippen LogP contribution in [0.25, 0.3) is 45.4 Å². The average Bonchev–Trinajstić information content (AvgIpc) is 3.31. The molecule has 1 aromatic heterocycles. The van der Waals surface area contributed by atoms with Crippen molar-refractivity contribution in [2.45, 2.75) is 0 Å². The molecule has 0 fully saturated rings. The number of aromatic carboxylic acids is 1. The summed E-state index contributed by atoms with van der Waals surface area (Å²) in [5.74, 6) is -0.912. The predicted octanol–water partition coefficient (Wildman–Crippen LogP) is 5.68. The lowest BCUT2D eigenvalue weighted by Gasteiger charge is -2.08. The van der Waals surface area contributed by atoms with Gasteiger partial charge in [0.15, 0.2) is 0 Å². The highest BCUT2D eigenvalue weighted by Gasteiger charge is 2.14. The van der Waals surface area contributed by atoms with Crippen molar-refractivity contribution in [2.75, 3.05) is 0 Å². The minimum atomic E-state index is -0.912. The molecule has 3 nitrogen and oxygen atoms in total. The summed E-state index contributed by atoms with van der Waals surface area (Å²) in [6.07, 6.45) is 4.32. The van der Waals surface area contributed by atoms with Crippen LogP contribution in [0.15, 0.2) is 66.7 Å². The van der Waals surface area contributed by atoms with E-state index in [0.29, 0.717) is 5.56 Å². The molecule has 26 heavy (non-hydrogen) atoms. The number of nitrogens with one attached hydrogen (secondary N) is 1. The summed E-state index contributed by atoms with van der Waals surface area (Å²) in [7, 11) is 0. The summed E-state index contributed by atoms with van der Waals surface area (Å²) in [6, 6.07) is 21.7. The molecule has 0 atom stereocenters. The molecule has 1 aliphatic carbocycles. The molecule has 5 rings (SSSR count). The van der Waals surface area contributed by atoms with E-state index in [0.717, 1.165) is 17.0 Å². The van der Waals surface area contributed by atoms with Gasteiger partial charge < -0.3 is 10.1 Å². The molecule has 3 heteroatoms. The third-order valence-electron chi connectivity index (χ3n) is 4.97. The van der Waals surface area contributed by atoms with E-state index in [1.807, 2.05) is 18.2 Å². The Morgan fingerprint density at radius 1 is 0.769 bits per heavy atom. The van der Waals surface area contributed by atoms with Crippen LogP contribution in [0.5, 0.6) is 0 Å². The zero-order valence-electron chi connectivity index (χ0n) is 13.9. The number of carboxylic acids is 1. The minimum absolute atomic E-state index is 0.292. The molecule has 0 radical (unpaired) electrons. The molecule has 4 aromatic rings. The Hall–Kier alpha value is -3.59. The molecule has 1 aliphatic rings. The van der Waals surface area contributed by atoms with Crippen LogP contribution in [-0.4, -0.2) is 16.1 Å². The van der Waals surface area contributed by atoms with Gasteiger partial charge >= 0.3 is 5.97 Å². The molecular weight excluding hydrogens is 322 g/mol. The summed E-state index contributed by atoms with van der Waals surface area (Å²) in [5, 5.41) is 11.6. The Kier molecular flexibility index (Phi) is 3.09. The molecule has 0 unspecified atom stereocenters. The van der Waals surface area contributed by atoms with Crippen molar-refractivity contribution >= 4 is 28.9 Å². The topological polar surface area (TPSA) is 53.1 Å². The van der Waals surface area contributed by atoms with Crippen molar-refractivity contribution in [3.8, 4) is 22.5 Å². The lowest BCUT2D eigenvalue weighted by Crippen LogP contribution is -1.94. The number of hydrogen-bond acceptors (Lipinski definition) is 1. The normalized spacial score (nSPS) is 12.0. The van der Waals surface area contributed by atoms with Gasteiger partial charge in [-0.2, -0.15) is 0 Å². The van der Waals surface area contributed by atoms with E-state index in [2.05, 4.69) is 53.5 Å². The van der Waals surface area contributed by atoms with E-state index in [1.165, 1.54) is 27.5 Å². The molecule has 0 saturated carbocycles. The SMILES string of the molecule is O=C(O)c1ccc(-c2ccc(-c3ccc4c5c(cccc35)C=C4)[nH]2)cc1. The molecule has 0 saturated heterocycles. The Labute approximate surface area is 150 Å². The molecule has 0 amide bonds. The molecule has 124 valence electrons. The van der Waals surface area contributed by atoms with Gasteiger partial charge in [-0.3, -0.25) is 0 Å². The van der Waals surface area contributed by atoms with Crippen LogP contribution in [0.1, 0.15) is 21.5 Å². The van der Waals surface area contributed by atoms with Gasteiger partial charge in [0.05, 0.1) is 5.56 Å². The Bertz CT molecular complexity index is 1180. The lowest BCUT2D eigenvalue weighted by molar-refractivity contribution is 0.0697. The number of rotatable bonds is 3. The van der Waals surface area contributed by atoms with E-state index < -0.39 is 5.97 Å². The number of hydrogen-bond donors (Lipinski definition) is 2. The zero-order chi connectivity index (χ0) is 17.7. The first-order chi connectivity index (χ1) is 12.7. The van der Waals surface area contributed by atoms with Gasteiger partial charge in [0.25, 0.3) is 0 Å². The van der Waals surface area contributed by atoms with E-state index in [1.54, 1.807) is 12.1 Å². The first-order valence-corrected chi connectivity index (χ1v) is 8.48. The van der Waals surface area contributed by atoms with E-state index in [4.69, 9.17) is 5.11 Å². The monoisotopic (exact) mass is 337 g/mol. The van der Waals surface area contributed by atoms with Gasteiger partial charge in [-0.25, -0.2) is 4.79 Å². The van der Waals surface area contributed by atoms with Crippen molar-refractivity contribution < 1.29 is 9.90 Å². The zero-order valence-corrected chi connectivity index (χ0v) is 13.9. The Morgan fingerprint density at radius 2 is 1.50 bits per heavy atom. The second kappa shape index (κ2) is 5.46. The standard InChI is InChI=1S/C23H15NO2/c25-23(26)17-8-4-14(5-9-17)20-12-13-21(24-20)18-11-10-16-7-6-15-2-1-3-19(18)22(15)16/h1-13,24H,(H,25,26). The van der Waals surface area contributed by atoms with Crippen LogP contribution < -0.4 is 0 Å². The number of carboxylic acid groups (broad SMARTS) is 1. The van der Waals surface area contributed by atoms with Gasteiger partial charge in [0.1, 0.15) is 0 Å². The van der Waals surface area contributed by atoms with Gasteiger partial charge in [0.2, 0.25) is 0 Å². The van der Waals surface area contributed by atoms with Crippen molar-refractivity contribution in [1.82, 2.24) is 4.98 Å². The van der Waals surface area contributed by atoms with Crippen LogP contribution in [-0.2, 0) is 0 Å². The highest BCUT2D eigenvalue weighted by molar-refractivity contribution is 6.09. The first-order valence-electron chi connectivity index (χ1n) is 8.48. The van der Waals surface area contributed by atoms with Crippen LogP contribution >= 0.6 is 0 Å². The van der Waals surface area contributed by atoms with Gasteiger partial charge in [-0.05, 0) is 51.7 Å². The van der Waals surface area contributed by atoms with E-state index in [-0.39, 0.29) is 0 Å². The number of H-pyrrole nitrogens is 1. The average molecular weight is 337 g/mol. The number of carbonyl (C=O) groups is 1. The fourth-order valence-electron chi connectivity index (χ4n) is 3.67. The lowest BCUT2D eigenvalue weighted by atomic mass is 9.98. The highest BCUT2D eigenvalue weighted by atomic mass is 16.4. The molecular formula is C23H15NO2. The maximum absolute atomic E-state index is 11.0. The molecule has 0 bridgehead atoms. The fraction of sp³-hybridized carbons (Fsp3) is 0. The summed E-state index contributed by atoms with van der Waals surface area (Å²) in [5.41, 5.74) is 6.97. The molecule has 3 aromatic carbocycles. The Balaban J connectivity index is 1.59. The second-order valence-corrected chi connectivity index (χ2v) is 6.47. The van der Waals surface area contributed by atoms with Crippen LogP contribution in [0.4, 0.5) is 0 Å². The predicted molar refractivity (Wildman–Crippen MR) is 105 cm³/mol. The first kappa shape index (κ1) is 14.7. The van der Waals surface area contributed by atoms with Gasteiger partial charge in [-0.15, -0.1) is 0 Å².